The van der Waals surface area contributed by atoms with Crippen LogP contribution in [0.3, 0.4) is 0 Å². The average molecular weight is 400 g/mol. The summed E-state index contributed by atoms with van der Waals surface area (Å²) >= 11 is 0. The summed E-state index contributed by atoms with van der Waals surface area (Å²) in [5, 5.41) is 7.72. The minimum Gasteiger partial charge on any atom is -0.481 e. The van der Waals surface area contributed by atoms with Gasteiger partial charge in [0.1, 0.15) is 0 Å². The Morgan fingerprint density at radius 1 is 0.536 bits per heavy atom. The van der Waals surface area contributed by atoms with Crippen LogP contribution in [0.2, 0.25) is 0 Å². The molecule has 0 saturated carbocycles. The van der Waals surface area contributed by atoms with Gasteiger partial charge in [0.15, 0.2) is 0 Å². The lowest BCUT2D eigenvalue weighted by molar-refractivity contribution is -0.136. The molecule has 0 saturated heterocycles. The first-order chi connectivity index (χ1) is 13.7. The van der Waals surface area contributed by atoms with Gasteiger partial charge < -0.3 is 10.8 Å². The fraction of sp³-hybridized carbons (Fsp3) is 0.960. The normalized spacial score (nSPS) is 10.5. The molecule has 0 aliphatic carbocycles. The quantitative estimate of drug-likeness (QED) is 0.191. The number of carboxylic acid groups (broad SMARTS) is 1. The van der Waals surface area contributed by atoms with E-state index in [1.54, 1.807) is 6.92 Å². The SMILES string of the molecule is CCC(=O)O.CCCCCCCCCCCCCCCCCCCCCCN. The van der Waals surface area contributed by atoms with Crippen molar-refractivity contribution in [2.75, 3.05) is 6.54 Å². The van der Waals surface area contributed by atoms with E-state index in [0.29, 0.717) is 0 Å². The summed E-state index contributed by atoms with van der Waals surface area (Å²) < 4.78 is 0. The molecule has 28 heavy (non-hydrogen) atoms. The van der Waals surface area contributed by atoms with E-state index in [2.05, 4.69) is 6.92 Å². The van der Waals surface area contributed by atoms with Crippen LogP contribution in [0, 0.1) is 0 Å². The zero-order valence-electron chi connectivity index (χ0n) is 19.5. The molecule has 0 atom stereocenters. The third-order valence-electron chi connectivity index (χ3n) is 5.36. The molecule has 0 aromatic heterocycles. The van der Waals surface area contributed by atoms with Crippen molar-refractivity contribution in [3.63, 3.8) is 0 Å². The highest BCUT2D eigenvalue weighted by Gasteiger charge is 1.95. The zero-order valence-corrected chi connectivity index (χ0v) is 19.5. The van der Waals surface area contributed by atoms with Gasteiger partial charge >= 0.3 is 5.97 Å². The standard InChI is InChI=1S/C22H47N.C3H6O2/c1-2-3-4-5-6-7-8-9-10-11-12-13-14-15-16-17-18-19-20-21-22-23;1-2-3(4)5/h2-23H2,1H3;2H2,1H3,(H,4,5). The van der Waals surface area contributed by atoms with Gasteiger partial charge in [0.05, 0.1) is 0 Å². The lowest BCUT2D eigenvalue weighted by Gasteiger charge is -2.04. The predicted molar refractivity (Wildman–Crippen MR) is 125 cm³/mol. The van der Waals surface area contributed by atoms with Gasteiger partial charge in [-0.15, -0.1) is 0 Å². The molecule has 0 radical (unpaired) electrons. The Labute approximate surface area is 177 Å². The molecule has 0 fully saturated rings. The molecule has 0 aliphatic heterocycles. The minimum absolute atomic E-state index is 0.222. The third kappa shape index (κ3) is 33.0. The van der Waals surface area contributed by atoms with Crippen molar-refractivity contribution < 1.29 is 9.90 Å². The third-order valence-corrected chi connectivity index (χ3v) is 5.36. The lowest BCUT2D eigenvalue weighted by atomic mass is 10.0. The second-order valence-corrected chi connectivity index (χ2v) is 8.25. The highest BCUT2D eigenvalue weighted by atomic mass is 16.4. The summed E-state index contributed by atoms with van der Waals surface area (Å²) in [6.45, 7) is 4.77. The van der Waals surface area contributed by atoms with Crippen LogP contribution >= 0.6 is 0 Å². The van der Waals surface area contributed by atoms with Gasteiger partial charge in [-0.3, -0.25) is 4.79 Å². The largest absolute Gasteiger partial charge is 0.481 e. The summed E-state index contributed by atoms with van der Waals surface area (Å²) in [5.74, 6) is -0.745. The molecule has 0 aliphatic rings. The van der Waals surface area contributed by atoms with Crippen molar-refractivity contribution >= 4 is 5.97 Å². The first kappa shape index (κ1) is 29.6. The van der Waals surface area contributed by atoms with Crippen molar-refractivity contribution in [2.45, 2.75) is 149 Å². The molecule has 0 spiro atoms. The van der Waals surface area contributed by atoms with Gasteiger partial charge in [0.25, 0.3) is 0 Å². The fourth-order valence-electron chi connectivity index (χ4n) is 3.40. The number of unbranched alkanes of at least 4 members (excludes halogenated alkanes) is 19. The lowest BCUT2D eigenvalue weighted by Crippen LogP contribution is -1.97. The van der Waals surface area contributed by atoms with Crippen LogP contribution in [0.5, 0.6) is 0 Å². The number of aliphatic carboxylic acids is 1. The van der Waals surface area contributed by atoms with Crippen molar-refractivity contribution in [2.24, 2.45) is 5.73 Å². The van der Waals surface area contributed by atoms with Crippen LogP contribution < -0.4 is 5.73 Å². The molecule has 3 nitrogen and oxygen atoms in total. The molecule has 0 unspecified atom stereocenters. The van der Waals surface area contributed by atoms with Gasteiger partial charge in [-0.1, -0.05) is 136 Å². The van der Waals surface area contributed by atoms with Crippen LogP contribution in [0.4, 0.5) is 0 Å². The van der Waals surface area contributed by atoms with Crippen LogP contribution in [0.25, 0.3) is 0 Å². The maximum atomic E-state index is 9.37. The Hall–Kier alpha value is -0.570. The van der Waals surface area contributed by atoms with E-state index >= 15 is 0 Å². The molecule has 0 amide bonds. The monoisotopic (exact) mass is 399 g/mol. The van der Waals surface area contributed by atoms with Crippen LogP contribution in [0.15, 0.2) is 0 Å². The summed E-state index contributed by atoms with van der Waals surface area (Å²) in [6.07, 6.45) is 29.0. The summed E-state index contributed by atoms with van der Waals surface area (Å²) in [4.78, 5) is 9.37. The summed E-state index contributed by atoms with van der Waals surface area (Å²) in [6, 6.07) is 0. The van der Waals surface area contributed by atoms with E-state index in [1.807, 2.05) is 0 Å². The molecular weight excluding hydrogens is 346 g/mol. The average Bonchev–Trinajstić information content (AvgIpc) is 2.70. The number of hydrogen-bond acceptors (Lipinski definition) is 2. The molecule has 0 heterocycles. The van der Waals surface area contributed by atoms with E-state index < -0.39 is 5.97 Å². The smallest absolute Gasteiger partial charge is 0.303 e. The molecular formula is C25H53NO2. The van der Waals surface area contributed by atoms with E-state index in [9.17, 15) is 4.79 Å². The first-order valence-electron chi connectivity index (χ1n) is 12.6. The molecule has 170 valence electrons. The summed E-state index contributed by atoms with van der Waals surface area (Å²) in [7, 11) is 0. The molecule has 0 bridgehead atoms. The second kappa shape index (κ2) is 28.6. The van der Waals surface area contributed by atoms with Crippen molar-refractivity contribution in [1.29, 1.82) is 0 Å². The van der Waals surface area contributed by atoms with Crippen molar-refractivity contribution in [1.82, 2.24) is 0 Å². The van der Waals surface area contributed by atoms with E-state index in [1.165, 1.54) is 128 Å². The molecule has 3 N–H and O–H groups in total. The summed E-state index contributed by atoms with van der Waals surface area (Å²) in [5.41, 5.74) is 5.51. The minimum atomic E-state index is -0.745. The van der Waals surface area contributed by atoms with Crippen LogP contribution in [-0.2, 0) is 4.79 Å². The molecule has 0 aromatic carbocycles. The van der Waals surface area contributed by atoms with Gasteiger partial charge in [-0.25, -0.2) is 0 Å². The molecule has 0 rings (SSSR count). The molecule has 0 aromatic rings. The number of hydrogen-bond donors (Lipinski definition) is 2. The molecule has 3 heteroatoms. The van der Waals surface area contributed by atoms with Crippen LogP contribution in [-0.4, -0.2) is 17.6 Å². The van der Waals surface area contributed by atoms with E-state index in [-0.39, 0.29) is 6.42 Å². The van der Waals surface area contributed by atoms with Gasteiger partial charge in [-0.05, 0) is 13.0 Å². The number of carbonyl (C=O) groups is 1. The Kier molecular flexibility index (Phi) is 30.3. The number of carboxylic acids is 1. The van der Waals surface area contributed by atoms with Crippen molar-refractivity contribution in [3.8, 4) is 0 Å². The van der Waals surface area contributed by atoms with Gasteiger partial charge in [0.2, 0.25) is 0 Å². The van der Waals surface area contributed by atoms with E-state index in [0.717, 1.165) is 6.54 Å². The second-order valence-electron chi connectivity index (χ2n) is 8.25. The predicted octanol–water partition coefficient (Wildman–Crippen LogP) is 8.25. The van der Waals surface area contributed by atoms with Crippen molar-refractivity contribution in [3.05, 3.63) is 0 Å². The van der Waals surface area contributed by atoms with E-state index in [4.69, 9.17) is 10.8 Å². The Morgan fingerprint density at radius 2 is 0.750 bits per heavy atom. The maximum absolute atomic E-state index is 9.37. The first-order valence-corrected chi connectivity index (χ1v) is 12.6. The highest BCUT2D eigenvalue weighted by molar-refractivity contribution is 5.66. The topological polar surface area (TPSA) is 63.3 Å². The maximum Gasteiger partial charge on any atom is 0.303 e. The Balaban J connectivity index is 0. The van der Waals surface area contributed by atoms with Gasteiger partial charge in [0, 0.05) is 6.42 Å². The zero-order chi connectivity index (χ0) is 21.1. The Bertz CT molecular complexity index is 262. The number of rotatable bonds is 21. The Morgan fingerprint density at radius 3 is 0.929 bits per heavy atom. The number of nitrogens with two attached hydrogens (primary N) is 1. The van der Waals surface area contributed by atoms with Crippen LogP contribution in [0.1, 0.15) is 149 Å². The highest BCUT2D eigenvalue weighted by Crippen LogP contribution is 2.14. The fourth-order valence-corrected chi connectivity index (χ4v) is 3.40. The van der Waals surface area contributed by atoms with Gasteiger partial charge in [-0.2, -0.15) is 0 Å².